The van der Waals surface area contributed by atoms with Gasteiger partial charge in [0.05, 0.1) is 12.7 Å². The van der Waals surface area contributed by atoms with E-state index in [1.165, 1.54) is 18.4 Å². The van der Waals surface area contributed by atoms with E-state index in [-0.39, 0.29) is 5.84 Å². The number of ether oxygens (including phenoxy) is 1. The smallest absolute Gasteiger partial charge is 0.129 e. The van der Waals surface area contributed by atoms with Crippen molar-refractivity contribution < 1.29 is 4.74 Å². The van der Waals surface area contributed by atoms with E-state index in [0.717, 1.165) is 19.1 Å². The van der Waals surface area contributed by atoms with Crippen LogP contribution in [0.25, 0.3) is 0 Å². The Hall–Kier alpha value is -1.55. The summed E-state index contributed by atoms with van der Waals surface area (Å²) in [6.45, 7) is 4.17. The molecule has 4 nitrogen and oxygen atoms in total. The number of hydrogen-bond acceptors (Lipinski definition) is 3. The Bertz CT molecular complexity index is 441. The van der Waals surface area contributed by atoms with Crippen molar-refractivity contribution in [2.45, 2.75) is 32.4 Å². The van der Waals surface area contributed by atoms with Crippen molar-refractivity contribution in [1.82, 2.24) is 4.90 Å². The van der Waals surface area contributed by atoms with Crippen LogP contribution < -0.4 is 10.5 Å². The fourth-order valence-corrected chi connectivity index (χ4v) is 2.24. The van der Waals surface area contributed by atoms with Crippen LogP contribution in [0.2, 0.25) is 0 Å². The Morgan fingerprint density at radius 3 is 2.72 bits per heavy atom. The van der Waals surface area contributed by atoms with E-state index < -0.39 is 0 Å². The highest BCUT2D eigenvalue weighted by Gasteiger charge is 2.27. The summed E-state index contributed by atoms with van der Waals surface area (Å²) in [4.78, 5) is 2.46. The number of rotatable bonds is 6. The second-order valence-corrected chi connectivity index (χ2v) is 4.74. The van der Waals surface area contributed by atoms with Crippen LogP contribution in [0.1, 0.15) is 30.9 Å². The molecule has 98 valence electrons. The van der Waals surface area contributed by atoms with Gasteiger partial charge in [-0.25, -0.2) is 0 Å². The molecule has 0 aliphatic heterocycles. The minimum atomic E-state index is 0.0585. The zero-order valence-corrected chi connectivity index (χ0v) is 11.1. The summed E-state index contributed by atoms with van der Waals surface area (Å²) in [5.41, 5.74) is 7.46. The molecule has 18 heavy (non-hydrogen) atoms. The second kappa shape index (κ2) is 5.40. The summed E-state index contributed by atoms with van der Waals surface area (Å²) in [6.07, 6.45) is 2.62. The van der Waals surface area contributed by atoms with Crippen molar-refractivity contribution in [1.29, 1.82) is 5.41 Å². The lowest BCUT2D eigenvalue weighted by atomic mass is 10.1. The third-order valence-electron chi connectivity index (χ3n) is 3.41. The van der Waals surface area contributed by atoms with E-state index in [1.807, 2.05) is 12.1 Å². The first-order valence-electron chi connectivity index (χ1n) is 6.41. The van der Waals surface area contributed by atoms with Crippen LogP contribution >= 0.6 is 0 Å². The third-order valence-corrected chi connectivity index (χ3v) is 3.41. The van der Waals surface area contributed by atoms with Crippen LogP contribution in [0.3, 0.4) is 0 Å². The highest BCUT2D eigenvalue weighted by atomic mass is 16.5. The van der Waals surface area contributed by atoms with Gasteiger partial charge >= 0.3 is 0 Å². The average Bonchev–Trinajstić information content (AvgIpc) is 3.19. The molecule has 2 rings (SSSR count). The van der Waals surface area contributed by atoms with Gasteiger partial charge in [-0.15, -0.1) is 0 Å². The molecule has 1 saturated carbocycles. The SMILES string of the molecule is CCN(Cc1ccc(OC)c(C(=N)N)c1)C1CC1. The quantitative estimate of drug-likeness (QED) is 0.596. The highest BCUT2D eigenvalue weighted by molar-refractivity contribution is 5.97. The van der Waals surface area contributed by atoms with Crippen LogP contribution in [0.5, 0.6) is 5.75 Å². The maximum absolute atomic E-state index is 7.58. The summed E-state index contributed by atoms with van der Waals surface area (Å²) in [5.74, 6) is 0.726. The molecule has 0 unspecified atom stereocenters. The van der Waals surface area contributed by atoms with Gasteiger partial charge in [0.25, 0.3) is 0 Å². The first kappa shape index (κ1) is 12.9. The second-order valence-electron chi connectivity index (χ2n) is 4.74. The zero-order chi connectivity index (χ0) is 13.1. The molecule has 0 heterocycles. The molecular formula is C14H21N3O. The monoisotopic (exact) mass is 247 g/mol. The molecule has 1 fully saturated rings. The predicted octanol–water partition coefficient (Wildman–Crippen LogP) is 1.96. The fraction of sp³-hybridized carbons (Fsp3) is 0.500. The van der Waals surface area contributed by atoms with Gasteiger partial charge in [0.2, 0.25) is 0 Å². The molecule has 3 N–H and O–H groups in total. The summed E-state index contributed by atoms with van der Waals surface area (Å²) >= 11 is 0. The minimum absolute atomic E-state index is 0.0585. The predicted molar refractivity (Wildman–Crippen MR) is 73.1 cm³/mol. The normalized spacial score (nSPS) is 14.8. The molecule has 4 heteroatoms. The molecule has 1 aromatic rings. The molecule has 0 bridgehead atoms. The maximum Gasteiger partial charge on any atom is 0.129 e. The number of nitrogens with two attached hydrogens (primary N) is 1. The van der Waals surface area contributed by atoms with E-state index in [9.17, 15) is 0 Å². The summed E-state index contributed by atoms with van der Waals surface area (Å²) in [6, 6.07) is 6.66. The van der Waals surface area contributed by atoms with Crippen molar-refractivity contribution in [3.8, 4) is 5.75 Å². The van der Waals surface area contributed by atoms with E-state index in [0.29, 0.717) is 11.3 Å². The van der Waals surface area contributed by atoms with Crippen molar-refractivity contribution >= 4 is 5.84 Å². The molecule has 0 saturated heterocycles. The largest absolute Gasteiger partial charge is 0.496 e. The van der Waals surface area contributed by atoms with E-state index in [2.05, 4.69) is 17.9 Å². The molecular weight excluding hydrogens is 226 g/mol. The van der Waals surface area contributed by atoms with Crippen molar-refractivity contribution in [2.75, 3.05) is 13.7 Å². The van der Waals surface area contributed by atoms with Gasteiger partial charge in [0.1, 0.15) is 11.6 Å². The third kappa shape index (κ3) is 2.82. The van der Waals surface area contributed by atoms with Crippen LogP contribution in [0.4, 0.5) is 0 Å². The first-order valence-corrected chi connectivity index (χ1v) is 6.41. The average molecular weight is 247 g/mol. The lowest BCUT2D eigenvalue weighted by Gasteiger charge is -2.20. The summed E-state index contributed by atoms with van der Waals surface area (Å²) in [5, 5.41) is 7.58. The molecule has 0 spiro atoms. The van der Waals surface area contributed by atoms with E-state index in [4.69, 9.17) is 15.9 Å². The lowest BCUT2D eigenvalue weighted by molar-refractivity contribution is 0.269. The van der Waals surface area contributed by atoms with Gasteiger partial charge in [-0.05, 0) is 37.1 Å². The Kier molecular flexibility index (Phi) is 3.87. The highest BCUT2D eigenvalue weighted by Crippen LogP contribution is 2.28. The Morgan fingerprint density at radius 1 is 1.50 bits per heavy atom. The van der Waals surface area contributed by atoms with E-state index in [1.54, 1.807) is 7.11 Å². The lowest BCUT2D eigenvalue weighted by Crippen LogP contribution is -2.25. The molecule has 1 aliphatic rings. The molecule has 1 aromatic carbocycles. The topological polar surface area (TPSA) is 62.3 Å². The van der Waals surface area contributed by atoms with Crippen molar-refractivity contribution in [2.24, 2.45) is 5.73 Å². The minimum Gasteiger partial charge on any atom is -0.496 e. The maximum atomic E-state index is 7.58. The van der Waals surface area contributed by atoms with Crippen LogP contribution in [-0.4, -0.2) is 30.4 Å². The van der Waals surface area contributed by atoms with Crippen LogP contribution in [0, 0.1) is 5.41 Å². The van der Waals surface area contributed by atoms with Crippen molar-refractivity contribution in [3.05, 3.63) is 29.3 Å². The van der Waals surface area contributed by atoms with Crippen LogP contribution in [0.15, 0.2) is 18.2 Å². The molecule has 0 aromatic heterocycles. The number of hydrogen-bond donors (Lipinski definition) is 2. The standard InChI is InChI=1S/C14H21N3O/c1-3-17(11-5-6-11)9-10-4-7-13(18-2)12(8-10)14(15)16/h4,7-8,11H,3,5-6,9H2,1-2H3,(H3,15,16). The zero-order valence-electron chi connectivity index (χ0n) is 11.1. The molecule has 0 amide bonds. The molecule has 0 radical (unpaired) electrons. The number of nitrogens with one attached hydrogen (secondary N) is 1. The van der Waals surface area contributed by atoms with Gasteiger partial charge in [-0.1, -0.05) is 13.0 Å². The number of nitrogen functional groups attached to an aromatic ring is 1. The summed E-state index contributed by atoms with van der Waals surface area (Å²) in [7, 11) is 1.60. The van der Waals surface area contributed by atoms with Gasteiger partial charge in [0, 0.05) is 12.6 Å². The first-order chi connectivity index (χ1) is 8.65. The van der Waals surface area contributed by atoms with Crippen LogP contribution in [-0.2, 0) is 6.54 Å². The van der Waals surface area contributed by atoms with Gasteiger partial charge in [-0.3, -0.25) is 10.3 Å². The Morgan fingerprint density at radius 2 is 2.22 bits per heavy atom. The number of nitrogens with zero attached hydrogens (tertiary/aromatic N) is 1. The number of amidine groups is 1. The fourth-order valence-electron chi connectivity index (χ4n) is 2.24. The molecule has 0 atom stereocenters. The Labute approximate surface area is 108 Å². The Balaban J connectivity index is 2.17. The van der Waals surface area contributed by atoms with Gasteiger partial charge in [-0.2, -0.15) is 0 Å². The van der Waals surface area contributed by atoms with E-state index >= 15 is 0 Å². The number of benzene rings is 1. The summed E-state index contributed by atoms with van der Waals surface area (Å²) < 4.78 is 5.22. The van der Waals surface area contributed by atoms with Gasteiger partial charge < -0.3 is 10.5 Å². The van der Waals surface area contributed by atoms with Gasteiger partial charge in [0.15, 0.2) is 0 Å². The molecule has 1 aliphatic carbocycles. The number of methoxy groups -OCH3 is 1. The van der Waals surface area contributed by atoms with Crippen molar-refractivity contribution in [3.63, 3.8) is 0 Å².